The number of fused-ring (bicyclic) bond motifs is 1. The van der Waals surface area contributed by atoms with Crippen molar-refractivity contribution >= 4 is 11.5 Å². The van der Waals surface area contributed by atoms with Crippen LogP contribution in [0.4, 0.5) is 5.82 Å². The molecule has 1 saturated heterocycles. The maximum Gasteiger partial charge on any atom is 0.177 e. The van der Waals surface area contributed by atoms with Crippen molar-refractivity contribution in [1.82, 2.24) is 24.7 Å². The highest BCUT2D eigenvalue weighted by atomic mass is 16.5. The van der Waals surface area contributed by atoms with Crippen LogP contribution in [0, 0.1) is 0 Å². The summed E-state index contributed by atoms with van der Waals surface area (Å²) in [6, 6.07) is 14.4. The average molecular weight is 324 g/mol. The molecule has 2 aromatic heterocycles. The highest BCUT2D eigenvalue weighted by Crippen LogP contribution is 2.11. The van der Waals surface area contributed by atoms with Gasteiger partial charge in [0.15, 0.2) is 5.65 Å². The average Bonchev–Trinajstić information content (AvgIpc) is 3.09. The van der Waals surface area contributed by atoms with Crippen LogP contribution < -0.4 is 5.32 Å². The minimum Gasteiger partial charge on any atom is -0.374 e. The summed E-state index contributed by atoms with van der Waals surface area (Å²) >= 11 is 0. The van der Waals surface area contributed by atoms with Gasteiger partial charge in [0.05, 0.1) is 12.7 Å². The summed E-state index contributed by atoms with van der Waals surface area (Å²) < 4.78 is 7.54. The van der Waals surface area contributed by atoms with Crippen LogP contribution >= 0.6 is 0 Å². The van der Waals surface area contributed by atoms with Gasteiger partial charge in [-0.2, -0.15) is 4.52 Å². The fourth-order valence-electron chi connectivity index (χ4n) is 2.93. The molecule has 1 aromatic carbocycles. The zero-order valence-corrected chi connectivity index (χ0v) is 13.4. The monoisotopic (exact) mass is 324 g/mol. The molecule has 7 heteroatoms. The molecule has 0 aliphatic carbocycles. The zero-order valence-electron chi connectivity index (χ0n) is 13.4. The fraction of sp³-hybridized carbons (Fsp3) is 0.353. The van der Waals surface area contributed by atoms with Crippen molar-refractivity contribution in [3.63, 3.8) is 0 Å². The maximum absolute atomic E-state index is 5.88. The molecule has 0 radical (unpaired) electrons. The Morgan fingerprint density at radius 3 is 3.00 bits per heavy atom. The van der Waals surface area contributed by atoms with Gasteiger partial charge in [0.1, 0.15) is 12.1 Å². The van der Waals surface area contributed by atoms with E-state index < -0.39 is 0 Å². The SMILES string of the molecule is c1ccc(CN2CCOC(CNc3ccc4nncn4n3)C2)cc1. The van der Waals surface area contributed by atoms with Crippen molar-refractivity contribution in [2.75, 3.05) is 31.6 Å². The first-order chi connectivity index (χ1) is 11.9. The van der Waals surface area contributed by atoms with Gasteiger partial charge in [-0.15, -0.1) is 15.3 Å². The Kier molecular flexibility index (Phi) is 4.35. The van der Waals surface area contributed by atoms with Crippen LogP contribution in [-0.2, 0) is 11.3 Å². The summed E-state index contributed by atoms with van der Waals surface area (Å²) in [5.74, 6) is 0.797. The molecule has 1 unspecified atom stereocenters. The summed E-state index contributed by atoms with van der Waals surface area (Å²) in [5, 5.41) is 15.5. The minimum atomic E-state index is 0.154. The maximum atomic E-state index is 5.88. The second-order valence-electron chi connectivity index (χ2n) is 5.95. The third kappa shape index (κ3) is 3.52. The van der Waals surface area contributed by atoms with Gasteiger partial charge in [0.2, 0.25) is 0 Å². The molecule has 4 rings (SSSR count). The van der Waals surface area contributed by atoms with E-state index in [9.17, 15) is 0 Å². The molecule has 0 spiro atoms. The second-order valence-corrected chi connectivity index (χ2v) is 5.95. The van der Waals surface area contributed by atoms with Gasteiger partial charge in [-0.3, -0.25) is 4.90 Å². The molecule has 24 heavy (non-hydrogen) atoms. The number of morpholine rings is 1. The molecule has 0 bridgehead atoms. The topological polar surface area (TPSA) is 67.6 Å². The molecule has 1 aliphatic rings. The van der Waals surface area contributed by atoms with Gasteiger partial charge in [-0.05, 0) is 17.7 Å². The summed E-state index contributed by atoms with van der Waals surface area (Å²) in [6.45, 7) is 4.34. The Morgan fingerprint density at radius 1 is 1.17 bits per heavy atom. The van der Waals surface area contributed by atoms with E-state index in [0.29, 0.717) is 0 Å². The number of nitrogens with zero attached hydrogens (tertiary/aromatic N) is 5. The largest absolute Gasteiger partial charge is 0.374 e. The molecular weight excluding hydrogens is 304 g/mol. The Balaban J connectivity index is 1.32. The molecule has 1 aliphatic heterocycles. The lowest BCUT2D eigenvalue weighted by Crippen LogP contribution is -2.44. The van der Waals surface area contributed by atoms with Crippen molar-refractivity contribution in [3.8, 4) is 0 Å². The molecule has 124 valence electrons. The predicted octanol–water partition coefficient (Wildman–Crippen LogP) is 1.44. The van der Waals surface area contributed by atoms with E-state index in [2.05, 4.69) is 55.8 Å². The number of benzene rings is 1. The van der Waals surface area contributed by atoms with Crippen LogP contribution in [0.1, 0.15) is 5.56 Å². The predicted molar refractivity (Wildman–Crippen MR) is 90.7 cm³/mol. The fourth-order valence-corrected chi connectivity index (χ4v) is 2.93. The Morgan fingerprint density at radius 2 is 2.08 bits per heavy atom. The van der Waals surface area contributed by atoms with E-state index >= 15 is 0 Å². The summed E-state index contributed by atoms with van der Waals surface area (Å²) in [5.41, 5.74) is 2.08. The first-order valence-electron chi connectivity index (χ1n) is 8.16. The van der Waals surface area contributed by atoms with Gasteiger partial charge >= 0.3 is 0 Å². The highest BCUT2D eigenvalue weighted by molar-refractivity contribution is 5.42. The van der Waals surface area contributed by atoms with E-state index in [4.69, 9.17) is 4.74 Å². The van der Waals surface area contributed by atoms with E-state index in [-0.39, 0.29) is 6.10 Å². The number of anilines is 1. The summed E-state index contributed by atoms with van der Waals surface area (Å²) in [6.07, 6.45) is 1.75. The normalized spacial score (nSPS) is 18.8. The van der Waals surface area contributed by atoms with Gasteiger partial charge in [-0.25, -0.2) is 0 Å². The van der Waals surface area contributed by atoms with Crippen molar-refractivity contribution in [1.29, 1.82) is 0 Å². The van der Waals surface area contributed by atoms with Crippen LogP contribution in [0.2, 0.25) is 0 Å². The van der Waals surface area contributed by atoms with Gasteiger partial charge < -0.3 is 10.1 Å². The molecule has 7 nitrogen and oxygen atoms in total. The third-order valence-corrected chi connectivity index (χ3v) is 4.14. The number of hydrogen-bond acceptors (Lipinski definition) is 6. The molecule has 1 fully saturated rings. The van der Waals surface area contributed by atoms with Gasteiger partial charge in [0, 0.05) is 26.2 Å². The zero-order chi connectivity index (χ0) is 16.2. The van der Waals surface area contributed by atoms with Crippen LogP contribution in [0.25, 0.3) is 5.65 Å². The van der Waals surface area contributed by atoms with E-state index in [1.54, 1.807) is 10.8 Å². The summed E-state index contributed by atoms with van der Waals surface area (Å²) in [7, 11) is 0. The smallest absolute Gasteiger partial charge is 0.177 e. The highest BCUT2D eigenvalue weighted by Gasteiger charge is 2.20. The second kappa shape index (κ2) is 6.94. The summed E-state index contributed by atoms with van der Waals surface area (Å²) in [4.78, 5) is 2.43. The minimum absolute atomic E-state index is 0.154. The standard InChI is InChI=1S/C17H20N6O/c1-2-4-14(5-3-1)11-22-8-9-24-15(12-22)10-18-16-6-7-17-20-19-13-23(17)21-16/h1-7,13,15H,8-12H2,(H,18,21). The lowest BCUT2D eigenvalue weighted by Gasteiger charge is -2.33. The molecular formula is C17H20N6O. The number of ether oxygens (including phenoxy) is 1. The van der Waals surface area contributed by atoms with Crippen molar-refractivity contribution in [2.45, 2.75) is 12.6 Å². The van der Waals surface area contributed by atoms with E-state index in [0.717, 1.165) is 44.3 Å². The van der Waals surface area contributed by atoms with Gasteiger partial charge in [0.25, 0.3) is 0 Å². The van der Waals surface area contributed by atoms with Crippen LogP contribution in [0.3, 0.4) is 0 Å². The van der Waals surface area contributed by atoms with Crippen LogP contribution in [-0.4, -0.2) is 57.1 Å². The molecule has 0 saturated carbocycles. The Hall–Kier alpha value is -2.51. The van der Waals surface area contributed by atoms with Crippen LogP contribution in [0.15, 0.2) is 48.8 Å². The Bertz CT molecular complexity index is 790. The van der Waals surface area contributed by atoms with E-state index in [1.807, 2.05) is 12.1 Å². The first-order valence-corrected chi connectivity index (χ1v) is 8.16. The first kappa shape index (κ1) is 15.0. The van der Waals surface area contributed by atoms with Crippen molar-refractivity contribution in [3.05, 3.63) is 54.4 Å². The van der Waals surface area contributed by atoms with Gasteiger partial charge in [-0.1, -0.05) is 30.3 Å². The number of aromatic nitrogens is 4. The molecule has 1 atom stereocenters. The molecule has 3 heterocycles. The number of nitrogens with one attached hydrogen (secondary N) is 1. The lowest BCUT2D eigenvalue weighted by molar-refractivity contribution is -0.0240. The van der Waals surface area contributed by atoms with Crippen molar-refractivity contribution < 1.29 is 4.74 Å². The molecule has 1 N–H and O–H groups in total. The lowest BCUT2D eigenvalue weighted by atomic mass is 10.2. The quantitative estimate of drug-likeness (QED) is 0.766. The van der Waals surface area contributed by atoms with Crippen molar-refractivity contribution in [2.24, 2.45) is 0 Å². The third-order valence-electron chi connectivity index (χ3n) is 4.14. The molecule has 3 aromatic rings. The Labute approximate surface area is 140 Å². The van der Waals surface area contributed by atoms with E-state index in [1.165, 1.54) is 5.56 Å². The van der Waals surface area contributed by atoms with Crippen LogP contribution in [0.5, 0.6) is 0 Å². The molecule has 0 amide bonds. The number of hydrogen-bond donors (Lipinski definition) is 1. The number of rotatable bonds is 5.